The lowest BCUT2D eigenvalue weighted by molar-refractivity contribution is 0.669. The first kappa shape index (κ1) is 33.3. The monoisotopic (exact) mass is 752 g/mol. The topological polar surface area (TPSA) is 21.3 Å². The van der Waals surface area contributed by atoms with Crippen molar-refractivity contribution in [3.8, 4) is 27.9 Å². The van der Waals surface area contributed by atoms with Gasteiger partial charge in [0, 0.05) is 50.1 Å². The van der Waals surface area contributed by atoms with Gasteiger partial charge in [-0.15, -0.1) is 0 Å². The molecule has 12 aromatic rings. The van der Waals surface area contributed by atoms with E-state index in [0.717, 1.165) is 55.8 Å². The predicted octanol–water partition coefficient (Wildman–Crippen LogP) is 15.8. The molecular weight excluding hydrogens is 717 g/mol. The van der Waals surface area contributed by atoms with E-state index in [9.17, 15) is 0 Å². The number of furan rings is 1. The highest BCUT2D eigenvalue weighted by atomic mass is 16.3. The highest BCUT2D eigenvalue weighted by Crippen LogP contribution is 2.44. The summed E-state index contributed by atoms with van der Waals surface area (Å²) < 4.78 is 8.83. The molecule has 2 aromatic heterocycles. The van der Waals surface area contributed by atoms with E-state index in [0.29, 0.717) is 0 Å². The van der Waals surface area contributed by atoms with Crippen molar-refractivity contribution in [2.45, 2.75) is 0 Å². The van der Waals surface area contributed by atoms with Gasteiger partial charge in [0.15, 0.2) is 0 Å². The van der Waals surface area contributed by atoms with Gasteiger partial charge >= 0.3 is 0 Å². The number of rotatable bonds is 6. The number of hydrogen-bond donors (Lipinski definition) is 0. The molecule has 10 aromatic carbocycles. The normalized spacial score (nSPS) is 11.7. The van der Waals surface area contributed by atoms with Crippen LogP contribution in [0.15, 0.2) is 223 Å². The van der Waals surface area contributed by atoms with Crippen LogP contribution in [-0.4, -0.2) is 4.57 Å². The standard InChI is InChI=1S/C56H36N2O/c1-2-13-39(14-3-1)46-23-11-17-40-29-34-52-56(55(40)46)49-22-6-8-24-51(49)58(52)42-30-27-37(28-31-42)41-18-10-19-43(35-41)57(50-25-12-16-38-15-4-5-20-45(38)50)44-32-33-48-47-21-7-9-26-53(47)59-54(48)36-44/h1-36H. The zero-order valence-corrected chi connectivity index (χ0v) is 32.1. The third-order valence-electron chi connectivity index (χ3n) is 12.0. The highest BCUT2D eigenvalue weighted by molar-refractivity contribution is 6.25. The maximum atomic E-state index is 6.41. The Kier molecular flexibility index (Phi) is 7.54. The molecule has 0 radical (unpaired) electrons. The molecule has 0 aliphatic rings. The number of benzene rings is 10. The van der Waals surface area contributed by atoms with Gasteiger partial charge in [-0.2, -0.15) is 0 Å². The Balaban J connectivity index is 0.988. The lowest BCUT2D eigenvalue weighted by Gasteiger charge is -2.27. The number of nitrogens with zero attached hydrogens (tertiary/aromatic N) is 2. The minimum absolute atomic E-state index is 0.870. The first-order chi connectivity index (χ1) is 29.3. The van der Waals surface area contributed by atoms with Crippen LogP contribution in [0.3, 0.4) is 0 Å². The SMILES string of the molecule is c1ccc(-c2cccc3ccc4c(c5ccccc5n4-c4ccc(-c5cccc(N(c6ccc7c(c6)oc6ccccc67)c6cccc7ccccc67)c5)cc4)c23)cc1. The number of hydrogen-bond acceptors (Lipinski definition) is 2. The molecular formula is C56H36N2O. The second kappa shape index (κ2) is 13.4. The van der Waals surface area contributed by atoms with Crippen LogP contribution in [0.1, 0.15) is 0 Å². The average molecular weight is 753 g/mol. The second-order valence-corrected chi connectivity index (χ2v) is 15.3. The zero-order chi connectivity index (χ0) is 38.9. The molecule has 0 saturated heterocycles. The van der Waals surface area contributed by atoms with Gasteiger partial charge in [0.2, 0.25) is 0 Å². The van der Waals surface area contributed by atoms with Crippen LogP contribution in [0.5, 0.6) is 0 Å². The first-order valence-electron chi connectivity index (χ1n) is 20.2. The average Bonchev–Trinajstić information content (AvgIpc) is 3.85. The van der Waals surface area contributed by atoms with Gasteiger partial charge in [-0.05, 0) is 99.1 Å². The van der Waals surface area contributed by atoms with Crippen molar-refractivity contribution in [1.29, 1.82) is 0 Å². The summed E-state index contributed by atoms with van der Waals surface area (Å²) in [4.78, 5) is 2.36. The lowest BCUT2D eigenvalue weighted by atomic mass is 9.94. The van der Waals surface area contributed by atoms with E-state index >= 15 is 0 Å². The minimum atomic E-state index is 0.870. The van der Waals surface area contributed by atoms with Crippen LogP contribution in [0, 0.1) is 0 Å². The molecule has 0 bridgehead atoms. The van der Waals surface area contributed by atoms with E-state index in [1.807, 2.05) is 12.1 Å². The summed E-state index contributed by atoms with van der Waals surface area (Å²) in [5.74, 6) is 0. The summed E-state index contributed by atoms with van der Waals surface area (Å²) in [6.45, 7) is 0. The highest BCUT2D eigenvalue weighted by Gasteiger charge is 2.20. The lowest BCUT2D eigenvalue weighted by Crippen LogP contribution is -2.10. The van der Waals surface area contributed by atoms with Crippen LogP contribution in [0.2, 0.25) is 0 Å². The van der Waals surface area contributed by atoms with Crippen LogP contribution in [0.4, 0.5) is 17.1 Å². The van der Waals surface area contributed by atoms with E-state index < -0.39 is 0 Å². The van der Waals surface area contributed by atoms with Crippen molar-refractivity contribution >= 4 is 82.4 Å². The maximum absolute atomic E-state index is 6.41. The number of fused-ring (bicyclic) bond motifs is 9. The molecule has 0 N–H and O–H groups in total. The van der Waals surface area contributed by atoms with Crippen molar-refractivity contribution < 1.29 is 4.42 Å². The molecule has 0 saturated carbocycles. The summed E-state index contributed by atoms with van der Waals surface area (Å²) in [6, 6.07) is 78.7. The Morgan fingerprint density at radius 3 is 1.93 bits per heavy atom. The molecule has 0 spiro atoms. The third kappa shape index (κ3) is 5.36. The maximum Gasteiger partial charge on any atom is 0.137 e. The van der Waals surface area contributed by atoms with Gasteiger partial charge in [-0.1, -0.05) is 152 Å². The fourth-order valence-corrected chi connectivity index (χ4v) is 9.29. The van der Waals surface area contributed by atoms with Crippen molar-refractivity contribution in [1.82, 2.24) is 4.57 Å². The molecule has 0 unspecified atom stereocenters. The summed E-state index contributed by atoms with van der Waals surface area (Å²) in [6.07, 6.45) is 0. The summed E-state index contributed by atoms with van der Waals surface area (Å²) in [5, 5.41) is 9.69. The number of anilines is 3. The van der Waals surface area contributed by atoms with Crippen LogP contribution >= 0.6 is 0 Å². The molecule has 2 heterocycles. The minimum Gasteiger partial charge on any atom is -0.456 e. The Bertz CT molecular complexity index is 3550. The Hall–Kier alpha value is -7.88. The van der Waals surface area contributed by atoms with E-state index in [1.54, 1.807) is 0 Å². The smallest absolute Gasteiger partial charge is 0.137 e. The van der Waals surface area contributed by atoms with Gasteiger partial charge in [-0.3, -0.25) is 0 Å². The quantitative estimate of drug-likeness (QED) is 0.169. The third-order valence-corrected chi connectivity index (χ3v) is 12.0. The molecule has 276 valence electrons. The summed E-state index contributed by atoms with van der Waals surface area (Å²) in [7, 11) is 0. The van der Waals surface area contributed by atoms with E-state index in [1.165, 1.54) is 54.5 Å². The Labute approximate surface area is 341 Å². The number of para-hydroxylation sites is 2. The van der Waals surface area contributed by atoms with Gasteiger partial charge in [-0.25, -0.2) is 0 Å². The summed E-state index contributed by atoms with van der Waals surface area (Å²) >= 11 is 0. The molecule has 3 nitrogen and oxygen atoms in total. The van der Waals surface area contributed by atoms with Crippen molar-refractivity contribution in [2.75, 3.05) is 4.90 Å². The van der Waals surface area contributed by atoms with Gasteiger partial charge in [0.25, 0.3) is 0 Å². The van der Waals surface area contributed by atoms with Crippen molar-refractivity contribution in [2.24, 2.45) is 0 Å². The molecule has 0 aliphatic heterocycles. The molecule has 0 fully saturated rings. The van der Waals surface area contributed by atoms with Gasteiger partial charge in [0.05, 0.1) is 16.7 Å². The fraction of sp³-hybridized carbons (Fsp3) is 0. The van der Waals surface area contributed by atoms with Gasteiger partial charge in [0.1, 0.15) is 11.2 Å². The van der Waals surface area contributed by atoms with Gasteiger partial charge < -0.3 is 13.9 Å². The van der Waals surface area contributed by atoms with E-state index in [2.05, 4.69) is 216 Å². The van der Waals surface area contributed by atoms with Crippen LogP contribution in [0.25, 0.3) is 93.2 Å². The Morgan fingerprint density at radius 1 is 0.356 bits per heavy atom. The molecule has 0 atom stereocenters. The predicted molar refractivity (Wildman–Crippen MR) is 249 cm³/mol. The van der Waals surface area contributed by atoms with Crippen LogP contribution in [-0.2, 0) is 0 Å². The summed E-state index contributed by atoms with van der Waals surface area (Å²) in [5.41, 5.74) is 13.3. The van der Waals surface area contributed by atoms with E-state index in [-0.39, 0.29) is 0 Å². The molecule has 0 aliphatic carbocycles. The number of aromatic nitrogens is 1. The second-order valence-electron chi connectivity index (χ2n) is 15.3. The molecule has 3 heteroatoms. The fourth-order valence-electron chi connectivity index (χ4n) is 9.29. The largest absolute Gasteiger partial charge is 0.456 e. The molecule has 0 amide bonds. The molecule has 12 rings (SSSR count). The van der Waals surface area contributed by atoms with Crippen LogP contribution < -0.4 is 4.90 Å². The van der Waals surface area contributed by atoms with Crippen molar-refractivity contribution in [3.05, 3.63) is 218 Å². The zero-order valence-electron chi connectivity index (χ0n) is 32.1. The van der Waals surface area contributed by atoms with Crippen molar-refractivity contribution in [3.63, 3.8) is 0 Å². The first-order valence-corrected chi connectivity index (χ1v) is 20.2. The molecule has 59 heavy (non-hydrogen) atoms. The Morgan fingerprint density at radius 2 is 1.03 bits per heavy atom. The van der Waals surface area contributed by atoms with E-state index in [4.69, 9.17) is 4.42 Å².